The smallest absolute Gasteiger partial charge is 0.322 e. The number of hydrogen-bond donors (Lipinski definition) is 1. The Morgan fingerprint density at radius 3 is 2.44 bits per heavy atom. The van der Waals surface area contributed by atoms with Crippen molar-refractivity contribution in [2.75, 3.05) is 18.9 Å². The Balaban J connectivity index is 1.48. The van der Waals surface area contributed by atoms with E-state index in [1.54, 1.807) is 4.90 Å². The Hall–Kier alpha value is -2.08. The Labute approximate surface area is 160 Å². The minimum atomic E-state index is -0.404. The number of piperidine rings is 1. The Kier molecular flexibility index (Phi) is 4.41. The zero-order valence-corrected chi connectivity index (χ0v) is 16.6. The van der Waals surface area contributed by atoms with Crippen LogP contribution in [-0.4, -0.2) is 59.1 Å². The molecule has 6 nitrogen and oxygen atoms in total. The van der Waals surface area contributed by atoms with Gasteiger partial charge in [-0.25, -0.2) is 4.79 Å². The quantitative estimate of drug-likeness (QED) is 0.825. The zero-order chi connectivity index (χ0) is 19.3. The summed E-state index contributed by atoms with van der Waals surface area (Å²) in [5.41, 5.74) is 2.92. The molecule has 1 aromatic carbocycles. The molecule has 2 bridgehead atoms. The number of likely N-dealkylation sites (N-methyl/N-ethyl adjacent to an activating group) is 1. The number of hydrogen-bond acceptors (Lipinski definition) is 3. The molecule has 3 amide bonds. The summed E-state index contributed by atoms with van der Waals surface area (Å²) in [5.74, 6) is 0.0443. The molecular formula is C21H29N3O3. The number of urea groups is 1. The van der Waals surface area contributed by atoms with E-state index in [9.17, 15) is 9.59 Å². The lowest BCUT2D eigenvalue weighted by molar-refractivity contribution is -0.190. The van der Waals surface area contributed by atoms with E-state index in [-0.39, 0.29) is 29.6 Å². The summed E-state index contributed by atoms with van der Waals surface area (Å²) in [5, 5.41) is 3.08. The molecule has 27 heavy (non-hydrogen) atoms. The van der Waals surface area contributed by atoms with Gasteiger partial charge in [0.25, 0.3) is 5.91 Å². The third kappa shape index (κ3) is 3.20. The molecule has 0 aromatic heterocycles. The highest BCUT2D eigenvalue weighted by Crippen LogP contribution is 2.45. The van der Waals surface area contributed by atoms with Crippen LogP contribution in [0.5, 0.6) is 0 Å². The van der Waals surface area contributed by atoms with Crippen LogP contribution in [0.3, 0.4) is 0 Å². The van der Waals surface area contributed by atoms with Gasteiger partial charge in [0.1, 0.15) is 6.10 Å². The summed E-state index contributed by atoms with van der Waals surface area (Å²) in [4.78, 5) is 28.9. The van der Waals surface area contributed by atoms with Gasteiger partial charge in [0.05, 0.1) is 5.60 Å². The highest BCUT2D eigenvalue weighted by molar-refractivity contribution is 5.90. The number of anilines is 1. The van der Waals surface area contributed by atoms with Crippen LogP contribution in [0, 0.1) is 13.8 Å². The van der Waals surface area contributed by atoms with Crippen molar-refractivity contribution in [2.24, 2.45) is 0 Å². The minimum absolute atomic E-state index is 0.0195. The van der Waals surface area contributed by atoms with Gasteiger partial charge in [0.2, 0.25) is 0 Å². The molecule has 0 radical (unpaired) electrons. The van der Waals surface area contributed by atoms with Crippen molar-refractivity contribution in [3.8, 4) is 0 Å². The molecule has 6 heteroatoms. The number of carbonyl (C=O) groups is 2. The summed E-state index contributed by atoms with van der Waals surface area (Å²) in [6, 6.07) is 6.34. The van der Waals surface area contributed by atoms with Crippen LogP contribution < -0.4 is 5.32 Å². The summed E-state index contributed by atoms with van der Waals surface area (Å²) in [6.45, 7) is 6.58. The summed E-state index contributed by atoms with van der Waals surface area (Å²) >= 11 is 0. The monoisotopic (exact) mass is 371 g/mol. The molecule has 3 fully saturated rings. The first-order valence-electron chi connectivity index (χ1n) is 9.87. The molecule has 3 unspecified atom stereocenters. The van der Waals surface area contributed by atoms with Gasteiger partial charge in [-0.2, -0.15) is 0 Å². The van der Waals surface area contributed by atoms with E-state index in [2.05, 4.69) is 19.2 Å². The Bertz CT molecular complexity index is 748. The van der Waals surface area contributed by atoms with Gasteiger partial charge in [-0.1, -0.05) is 6.07 Å². The molecule has 0 saturated carbocycles. The van der Waals surface area contributed by atoms with Crippen molar-refractivity contribution in [3.05, 3.63) is 29.3 Å². The highest BCUT2D eigenvalue weighted by atomic mass is 16.5. The van der Waals surface area contributed by atoms with Gasteiger partial charge >= 0.3 is 6.03 Å². The predicted octanol–water partition coefficient (Wildman–Crippen LogP) is 3.08. The zero-order valence-electron chi connectivity index (χ0n) is 16.6. The molecule has 0 aliphatic carbocycles. The second kappa shape index (κ2) is 6.51. The number of benzene rings is 1. The average Bonchev–Trinajstić information content (AvgIpc) is 2.89. The number of amides is 3. The van der Waals surface area contributed by atoms with Crippen LogP contribution in [0.2, 0.25) is 0 Å². The molecule has 1 N–H and O–H groups in total. The van der Waals surface area contributed by atoms with Gasteiger partial charge < -0.3 is 19.9 Å². The Morgan fingerprint density at radius 2 is 1.85 bits per heavy atom. The second-order valence-electron chi connectivity index (χ2n) is 8.57. The van der Waals surface area contributed by atoms with Gasteiger partial charge in [0.15, 0.2) is 0 Å². The van der Waals surface area contributed by atoms with Gasteiger partial charge in [-0.05, 0) is 69.7 Å². The van der Waals surface area contributed by atoms with Crippen molar-refractivity contribution in [2.45, 2.75) is 70.2 Å². The van der Waals surface area contributed by atoms with Crippen molar-refractivity contribution in [1.29, 1.82) is 0 Å². The van der Waals surface area contributed by atoms with Gasteiger partial charge in [-0.15, -0.1) is 0 Å². The van der Waals surface area contributed by atoms with E-state index in [4.69, 9.17) is 4.74 Å². The number of nitrogens with one attached hydrogen (secondary N) is 1. The molecule has 1 aromatic rings. The van der Waals surface area contributed by atoms with E-state index in [0.29, 0.717) is 6.54 Å². The first-order chi connectivity index (χ1) is 12.8. The average molecular weight is 371 g/mol. The van der Waals surface area contributed by atoms with Crippen LogP contribution in [0.25, 0.3) is 0 Å². The lowest BCUT2D eigenvalue weighted by Crippen LogP contribution is -2.63. The van der Waals surface area contributed by atoms with Crippen molar-refractivity contribution in [1.82, 2.24) is 9.80 Å². The molecule has 3 saturated heterocycles. The van der Waals surface area contributed by atoms with Crippen LogP contribution >= 0.6 is 0 Å². The minimum Gasteiger partial charge on any atom is -0.360 e. The molecule has 4 rings (SSSR count). The third-order valence-corrected chi connectivity index (χ3v) is 6.50. The highest BCUT2D eigenvalue weighted by Gasteiger charge is 2.54. The maximum Gasteiger partial charge on any atom is 0.322 e. The SMILES string of the molecule is Cc1ccc(NC(=O)N2C3CCC2CC2(C3)CN(C)C(=O)C(C)O2)cc1C. The standard InChI is InChI=1S/C21H29N3O3/c1-13-5-6-16(9-14(13)2)22-20(26)24-17-7-8-18(24)11-21(10-17)12-23(4)19(25)15(3)27-21/h5-6,9,15,17-18H,7-8,10-12H2,1-4H3,(H,22,26). The maximum atomic E-state index is 13.0. The number of rotatable bonds is 1. The lowest BCUT2D eigenvalue weighted by atomic mass is 9.84. The van der Waals surface area contributed by atoms with Gasteiger partial charge in [0, 0.05) is 31.4 Å². The van der Waals surface area contributed by atoms with Crippen molar-refractivity contribution in [3.63, 3.8) is 0 Å². The van der Waals surface area contributed by atoms with E-state index in [0.717, 1.165) is 31.4 Å². The predicted molar refractivity (Wildman–Crippen MR) is 104 cm³/mol. The van der Waals surface area contributed by atoms with E-state index < -0.39 is 6.10 Å². The molecule has 1 spiro atoms. The fourth-order valence-corrected chi connectivity index (χ4v) is 5.15. The topological polar surface area (TPSA) is 61.9 Å². The lowest BCUT2D eigenvalue weighted by Gasteiger charge is -2.51. The summed E-state index contributed by atoms with van der Waals surface area (Å²) in [6.07, 6.45) is 3.20. The maximum absolute atomic E-state index is 13.0. The molecular weight excluding hydrogens is 342 g/mol. The summed E-state index contributed by atoms with van der Waals surface area (Å²) < 4.78 is 6.20. The fraction of sp³-hybridized carbons (Fsp3) is 0.619. The molecule has 146 valence electrons. The number of aryl methyl sites for hydroxylation is 2. The third-order valence-electron chi connectivity index (χ3n) is 6.50. The number of fused-ring (bicyclic) bond motifs is 2. The number of ether oxygens (including phenoxy) is 1. The molecule has 3 heterocycles. The molecule has 3 atom stereocenters. The van der Waals surface area contributed by atoms with E-state index in [1.807, 2.05) is 37.1 Å². The first-order valence-corrected chi connectivity index (χ1v) is 9.87. The van der Waals surface area contributed by atoms with Crippen molar-refractivity contribution >= 4 is 17.6 Å². The van der Waals surface area contributed by atoms with Crippen LogP contribution in [0.4, 0.5) is 10.5 Å². The van der Waals surface area contributed by atoms with Crippen LogP contribution in [0.1, 0.15) is 43.7 Å². The van der Waals surface area contributed by atoms with Gasteiger partial charge in [-0.3, -0.25) is 4.79 Å². The molecule has 3 aliphatic rings. The largest absolute Gasteiger partial charge is 0.360 e. The number of morpholine rings is 1. The van der Waals surface area contributed by atoms with Crippen LogP contribution in [-0.2, 0) is 9.53 Å². The normalized spacial score (nSPS) is 32.9. The van der Waals surface area contributed by atoms with Crippen molar-refractivity contribution < 1.29 is 14.3 Å². The fourth-order valence-electron chi connectivity index (χ4n) is 5.15. The number of nitrogens with zero attached hydrogens (tertiary/aromatic N) is 2. The summed E-state index contributed by atoms with van der Waals surface area (Å²) in [7, 11) is 1.85. The second-order valence-corrected chi connectivity index (χ2v) is 8.57. The first kappa shape index (κ1) is 18.3. The molecule has 3 aliphatic heterocycles. The van der Waals surface area contributed by atoms with E-state index >= 15 is 0 Å². The van der Waals surface area contributed by atoms with E-state index in [1.165, 1.54) is 11.1 Å². The number of carbonyl (C=O) groups excluding carboxylic acids is 2. The van der Waals surface area contributed by atoms with Crippen LogP contribution in [0.15, 0.2) is 18.2 Å². The Morgan fingerprint density at radius 1 is 1.19 bits per heavy atom.